The highest BCUT2D eigenvalue weighted by Crippen LogP contribution is 2.26. The smallest absolute Gasteiger partial charge is 0.307 e. The minimum atomic E-state index is -0.923. The fourth-order valence-corrected chi connectivity index (χ4v) is 2.85. The van der Waals surface area contributed by atoms with E-state index in [9.17, 15) is 18.8 Å². The number of imide groups is 1. The standard InChI is InChI=1S/C19H17FN2O4/c20-15-10-13(21-16-7-8-17(23)22-19(16)26)5-6-14(15)12-3-1-11(2-4-12)9-18(24)25/h1-6,10,16,21H,7-9H2,(H,24,25)(H,22,23,26). The number of anilines is 1. The number of piperidine rings is 1. The predicted octanol–water partition coefficient (Wildman–Crippen LogP) is 2.34. The number of hydrogen-bond donors (Lipinski definition) is 3. The summed E-state index contributed by atoms with van der Waals surface area (Å²) in [5.41, 5.74) is 2.09. The maximum Gasteiger partial charge on any atom is 0.307 e. The highest BCUT2D eigenvalue weighted by atomic mass is 19.1. The number of carbonyl (C=O) groups is 3. The normalized spacial score (nSPS) is 16.9. The molecule has 1 aliphatic rings. The maximum atomic E-state index is 14.5. The number of nitrogens with one attached hydrogen (secondary N) is 2. The Morgan fingerprint density at radius 1 is 1.19 bits per heavy atom. The molecule has 1 heterocycles. The lowest BCUT2D eigenvalue weighted by atomic mass is 10.0. The quantitative estimate of drug-likeness (QED) is 0.715. The van der Waals surface area contributed by atoms with Crippen molar-refractivity contribution in [1.29, 1.82) is 0 Å². The number of halogens is 1. The van der Waals surface area contributed by atoms with Gasteiger partial charge in [-0.05, 0) is 35.7 Å². The van der Waals surface area contributed by atoms with E-state index < -0.39 is 23.7 Å². The van der Waals surface area contributed by atoms with E-state index in [1.54, 1.807) is 36.4 Å². The van der Waals surface area contributed by atoms with E-state index in [-0.39, 0.29) is 18.7 Å². The van der Waals surface area contributed by atoms with Crippen molar-refractivity contribution in [3.05, 3.63) is 53.8 Å². The van der Waals surface area contributed by atoms with Gasteiger partial charge in [0.05, 0.1) is 6.42 Å². The maximum absolute atomic E-state index is 14.5. The van der Waals surface area contributed by atoms with Crippen LogP contribution in [-0.2, 0) is 20.8 Å². The lowest BCUT2D eigenvalue weighted by Crippen LogP contribution is -2.47. The minimum Gasteiger partial charge on any atom is -0.481 e. The van der Waals surface area contributed by atoms with Crippen molar-refractivity contribution in [1.82, 2.24) is 5.32 Å². The van der Waals surface area contributed by atoms with Crippen LogP contribution in [0.5, 0.6) is 0 Å². The molecule has 2 aromatic rings. The summed E-state index contributed by atoms with van der Waals surface area (Å²) in [6.45, 7) is 0. The molecule has 0 aliphatic carbocycles. The van der Waals surface area contributed by atoms with Gasteiger partial charge in [-0.2, -0.15) is 0 Å². The molecule has 134 valence electrons. The van der Waals surface area contributed by atoms with Crippen molar-refractivity contribution in [3.63, 3.8) is 0 Å². The van der Waals surface area contributed by atoms with E-state index in [1.165, 1.54) is 6.07 Å². The van der Waals surface area contributed by atoms with Gasteiger partial charge in [-0.1, -0.05) is 24.3 Å². The Balaban J connectivity index is 1.74. The molecule has 1 aliphatic heterocycles. The van der Waals surface area contributed by atoms with Crippen LogP contribution in [0.4, 0.5) is 10.1 Å². The topological polar surface area (TPSA) is 95.5 Å². The van der Waals surface area contributed by atoms with Crippen molar-refractivity contribution < 1.29 is 23.9 Å². The van der Waals surface area contributed by atoms with Gasteiger partial charge in [0.2, 0.25) is 11.8 Å². The lowest BCUT2D eigenvalue weighted by Gasteiger charge is -2.23. The fourth-order valence-electron chi connectivity index (χ4n) is 2.85. The van der Waals surface area contributed by atoms with E-state index in [2.05, 4.69) is 10.6 Å². The molecule has 2 amide bonds. The number of carboxylic acid groups (broad SMARTS) is 1. The molecule has 26 heavy (non-hydrogen) atoms. The lowest BCUT2D eigenvalue weighted by molar-refractivity contribution is -0.136. The largest absolute Gasteiger partial charge is 0.481 e. The van der Waals surface area contributed by atoms with Gasteiger partial charge in [0.15, 0.2) is 0 Å². The Labute approximate surface area is 149 Å². The molecule has 3 rings (SSSR count). The van der Waals surface area contributed by atoms with Crippen LogP contribution in [0, 0.1) is 5.82 Å². The zero-order chi connectivity index (χ0) is 18.7. The van der Waals surface area contributed by atoms with Crippen molar-refractivity contribution in [3.8, 4) is 11.1 Å². The van der Waals surface area contributed by atoms with Crippen LogP contribution in [0.1, 0.15) is 18.4 Å². The molecule has 1 atom stereocenters. The summed E-state index contributed by atoms with van der Waals surface area (Å²) in [4.78, 5) is 33.6. The fraction of sp³-hybridized carbons (Fsp3) is 0.211. The third-order valence-corrected chi connectivity index (χ3v) is 4.17. The number of rotatable bonds is 5. The first kappa shape index (κ1) is 17.6. The SMILES string of the molecule is O=C(O)Cc1ccc(-c2ccc(NC3CCC(=O)NC3=O)cc2F)cc1. The first-order valence-corrected chi connectivity index (χ1v) is 8.13. The highest BCUT2D eigenvalue weighted by Gasteiger charge is 2.26. The van der Waals surface area contributed by atoms with Crippen LogP contribution in [0.2, 0.25) is 0 Å². The summed E-state index contributed by atoms with van der Waals surface area (Å²) >= 11 is 0. The molecule has 6 nitrogen and oxygen atoms in total. The monoisotopic (exact) mass is 356 g/mol. The molecule has 0 bridgehead atoms. The van der Waals surface area contributed by atoms with Crippen LogP contribution in [-0.4, -0.2) is 28.9 Å². The summed E-state index contributed by atoms with van der Waals surface area (Å²) in [7, 11) is 0. The molecular weight excluding hydrogens is 339 g/mol. The Morgan fingerprint density at radius 3 is 2.54 bits per heavy atom. The summed E-state index contributed by atoms with van der Waals surface area (Å²) in [6.07, 6.45) is 0.517. The van der Waals surface area contributed by atoms with Crippen LogP contribution in [0.15, 0.2) is 42.5 Å². The molecule has 1 fully saturated rings. The highest BCUT2D eigenvalue weighted by molar-refractivity contribution is 6.01. The molecule has 3 N–H and O–H groups in total. The number of aliphatic carboxylic acids is 1. The second-order valence-electron chi connectivity index (χ2n) is 6.11. The molecule has 0 radical (unpaired) electrons. The molecular formula is C19H17FN2O4. The van der Waals surface area contributed by atoms with Crippen molar-refractivity contribution in [2.75, 3.05) is 5.32 Å². The van der Waals surface area contributed by atoms with Gasteiger partial charge in [0.1, 0.15) is 11.9 Å². The zero-order valence-corrected chi connectivity index (χ0v) is 13.8. The van der Waals surface area contributed by atoms with Gasteiger partial charge >= 0.3 is 5.97 Å². The summed E-state index contributed by atoms with van der Waals surface area (Å²) in [5, 5.41) is 14.0. The number of carboxylic acids is 1. The van der Waals surface area contributed by atoms with E-state index in [4.69, 9.17) is 5.11 Å². The second kappa shape index (κ2) is 7.35. The van der Waals surface area contributed by atoms with Gasteiger partial charge in [-0.3, -0.25) is 19.7 Å². The van der Waals surface area contributed by atoms with Crippen LogP contribution in [0.3, 0.4) is 0 Å². The molecule has 1 saturated heterocycles. The average Bonchev–Trinajstić information content (AvgIpc) is 2.58. The zero-order valence-electron chi connectivity index (χ0n) is 13.8. The van der Waals surface area contributed by atoms with Crippen LogP contribution in [0.25, 0.3) is 11.1 Å². The average molecular weight is 356 g/mol. The molecule has 0 saturated carbocycles. The second-order valence-corrected chi connectivity index (χ2v) is 6.11. The van der Waals surface area contributed by atoms with Gasteiger partial charge in [-0.25, -0.2) is 4.39 Å². The molecule has 0 spiro atoms. The first-order valence-electron chi connectivity index (χ1n) is 8.13. The Hall–Kier alpha value is -3.22. The number of carbonyl (C=O) groups excluding carboxylic acids is 2. The summed E-state index contributed by atoms with van der Waals surface area (Å²) < 4.78 is 14.5. The van der Waals surface area contributed by atoms with Crippen LogP contribution < -0.4 is 10.6 Å². The number of amides is 2. The molecule has 0 aromatic heterocycles. The van der Waals surface area contributed by atoms with Crippen molar-refractivity contribution in [2.45, 2.75) is 25.3 Å². The van der Waals surface area contributed by atoms with Crippen molar-refractivity contribution >= 4 is 23.5 Å². The van der Waals surface area contributed by atoms with Gasteiger partial charge < -0.3 is 10.4 Å². The third kappa shape index (κ3) is 4.05. The summed E-state index contributed by atoms with van der Waals surface area (Å²) in [5.74, 6) is -2.11. The number of benzene rings is 2. The van der Waals surface area contributed by atoms with Gasteiger partial charge in [0.25, 0.3) is 0 Å². The van der Waals surface area contributed by atoms with E-state index in [0.717, 1.165) is 0 Å². The third-order valence-electron chi connectivity index (χ3n) is 4.17. The minimum absolute atomic E-state index is 0.0857. The number of hydrogen-bond acceptors (Lipinski definition) is 4. The molecule has 7 heteroatoms. The predicted molar refractivity (Wildman–Crippen MR) is 93.0 cm³/mol. The van der Waals surface area contributed by atoms with E-state index in [1.807, 2.05) is 0 Å². The summed E-state index contributed by atoms with van der Waals surface area (Å²) in [6, 6.07) is 10.6. The van der Waals surface area contributed by atoms with Crippen molar-refractivity contribution in [2.24, 2.45) is 0 Å². The first-order chi connectivity index (χ1) is 12.4. The van der Waals surface area contributed by atoms with Gasteiger partial charge in [-0.15, -0.1) is 0 Å². The Bertz CT molecular complexity index is 864. The van der Waals surface area contributed by atoms with Crippen LogP contribution >= 0.6 is 0 Å². The molecule has 1 unspecified atom stereocenters. The molecule has 2 aromatic carbocycles. The Morgan fingerprint density at radius 2 is 1.92 bits per heavy atom. The van der Waals surface area contributed by atoms with E-state index in [0.29, 0.717) is 28.8 Å². The Kier molecular flexibility index (Phi) is 4.97. The van der Waals surface area contributed by atoms with E-state index >= 15 is 0 Å². The van der Waals surface area contributed by atoms with Gasteiger partial charge in [0, 0.05) is 17.7 Å².